The lowest BCUT2D eigenvalue weighted by Gasteiger charge is -2.58. The molecule has 0 spiro atoms. The third-order valence-corrected chi connectivity index (χ3v) is 6.66. The van der Waals surface area contributed by atoms with Gasteiger partial charge in [0.15, 0.2) is 0 Å². The van der Waals surface area contributed by atoms with Crippen LogP contribution in [0.2, 0.25) is 0 Å². The molecule has 1 nitrogen and oxygen atoms in total. The molecule has 1 heterocycles. The number of hydrogen-bond acceptors (Lipinski definition) is 1. The molecule has 3 unspecified atom stereocenters. The predicted octanol–water partition coefficient (Wildman–Crippen LogP) is 6.42. The summed E-state index contributed by atoms with van der Waals surface area (Å²) in [6.07, 6.45) is 13.8. The first-order valence-corrected chi connectivity index (χ1v) is 9.72. The van der Waals surface area contributed by atoms with E-state index in [0.29, 0.717) is 11.1 Å². The first-order chi connectivity index (χ1) is 9.94. The van der Waals surface area contributed by atoms with Crippen molar-refractivity contribution < 1.29 is 0 Å². The van der Waals surface area contributed by atoms with Crippen molar-refractivity contribution in [1.29, 1.82) is 0 Å². The second-order valence-electron chi connectivity index (χ2n) is 7.92. The summed E-state index contributed by atoms with van der Waals surface area (Å²) in [6.45, 7) is 15.9. The Labute approximate surface area is 134 Å². The highest BCUT2D eigenvalue weighted by molar-refractivity contribution is 5.03. The van der Waals surface area contributed by atoms with Gasteiger partial charge in [-0.25, -0.2) is 0 Å². The monoisotopic (exact) mass is 295 g/mol. The van der Waals surface area contributed by atoms with E-state index in [0.717, 1.165) is 5.92 Å². The molecule has 0 aromatic rings. The van der Waals surface area contributed by atoms with Gasteiger partial charge in [0.05, 0.1) is 0 Å². The number of likely N-dealkylation sites (tertiary alicyclic amines) is 1. The van der Waals surface area contributed by atoms with Gasteiger partial charge < -0.3 is 0 Å². The topological polar surface area (TPSA) is 3.24 Å². The van der Waals surface area contributed by atoms with Crippen molar-refractivity contribution >= 4 is 0 Å². The quantitative estimate of drug-likeness (QED) is 0.444. The number of hydrogen-bond donors (Lipinski definition) is 0. The van der Waals surface area contributed by atoms with E-state index in [-0.39, 0.29) is 0 Å². The van der Waals surface area contributed by atoms with Gasteiger partial charge in [0.2, 0.25) is 0 Å². The van der Waals surface area contributed by atoms with Crippen LogP contribution < -0.4 is 0 Å². The Bertz CT molecular complexity index is 288. The zero-order valence-corrected chi connectivity index (χ0v) is 15.8. The molecule has 1 aliphatic rings. The predicted molar refractivity (Wildman–Crippen MR) is 95.9 cm³/mol. The van der Waals surface area contributed by atoms with E-state index in [1.165, 1.54) is 70.8 Å². The SMILES string of the molecule is CCCCCCCCN1C(C)(CC)CCC(C)C1(C)CC. The van der Waals surface area contributed by atoms with Gasteiger partial charge in [0, 0.05) is 11.1 Å². The Balaban J connectivity index is 2.62. The van der Waals surface area contributed by atoms with Gasteiger partial charge in [-0.3, -0.25) is 4.90 Å². The van der Waals surface area contributed by atoms with Crippen LogP contribution in [0.5, 0.6) is 0 Å². The molecule has 0 radical (unpaired) electrons. The van der Waals surface area contributed by atoms with Crippen molar-refractivity contribution in [2.75, 3.05) is 6.54 Å². The highest BCUT2D eigenvalue weighted by atomic mass is 15.3. The molecule has 0 aromatic heterocycles. The molecule has 0 bridgehead atoms. The van der Waals surface area contributed by atoms with E-state index < -0.39 is 0 Å². The number of rotatable bonds is 9. The lowest BCUT2D eigenvalue weighted by atomic mass is 9.69. The number of unbranched alkanes of at least 4 members (excludes halogenated alkanes) is 5. The zero-order valence-electron chi connectivity index (χ0n) is 15.8. The summed E-state index contributed by atoms with van der Waals surface area (Å²) in [7, 11) is 0. The summed E-state index contributed by atoms with van der Waals surface area (Å²) in [4.78, 5) is 2.91. The van der Waals surface area contributed by atoms with E-state index >= 15 is 0 Å². The first kappa shape index (κ1) is 19.0. The fourth-order valence-corrected chi connectivity index (χ4v) is 4.34. The van der Waals surface area contributed by atoms with E-state index in [1.807, 2.05) is 0 Å². The Morgan fingerprint density at radius 1 is 0.905 bits per heavy atom. The van der Waals surface area contributed by atoms with Crippen LogP contribution in [0.3, 0.4) is 0 Å². The van der Waals surface area contributed by atoms with Crippen LogP contribution in [0.25, 0.3) is 0 Å². The van der Waals surface area contributed by atoms with Crippen LogP contribution in [-0.2, 0) is 0 Å². The van der Waals surface area contributed by atoms with Gasteiger partial charge in [0.1, 0.15) is 0 Å². The Morgan fingerprint density at radius 3 is 2.10 bits per heavy atom. The minimum atomic E-state index is 0.409. The summed E-state index contributed by atoms with van der Waals surface area (Å²) in [6, 6.07) is 0. The van der Waals surface area contributed by atoms with E-state index in [2.05, 4.69) is 46.4 Å². The number of nitrogens with zero attached hydrogens (tertiary/aromatic N) is 1. The van der Waals surface area contributed by atoms with Crippen molar-refractivity contribution in [3.8, 4) is 0 Å². The third kappa shape index (κ3) is 4.47. The summed E-state index contributed by atoms with van der Waals surface area (Å²) in [5.74, 6) is 0.835. The highest BCUT2D eigenvalue weighted by Crippen LogP contribution is 2.45. The summed E-state index contributed by atoms with van der Waals surface area (Å²) in [5, 5.41) is 0. The average molecular weight is 296 g/mol. The summed E-state index contributed by atoms with van der Waals surface area (Å²) < 4.78 is 0. The maximum absolute atomic E-state index is 2.91. The molecule has 1 fully saturated rings. The van der Waals surface area contributed by atoms with Crippen LogP contribution >= 0.6 is 0 Å². The van der Waals surface area contributed by atoms with Gasteiger partial charge in [0.25, 0.3) is 0 Å². The molecule has 21 heavy (non-hydrogen) atoms. The van der Waals surface area contributed by atoms with E-state index in [4.69, 9.17) is 0 Å². The summed E-state index contributed by atoms with van der Waals surface area (Å²) >= 11 is 0. The molecular weight excluding hydrogens is 254 g/mol. The molecule has 0 aliphatic carbocycles. The molecule has 1 saturated heterocycles. The van der Waals surface area contributed by atoms with Crippen LogP contribution in [-0.4, -0.2) is 22.5 Å². The minimum Gasteiger partial charge on any atom is -0.292 e. The zero-order chi connectivity index (χ0) is 15.9. The standard InChI is InChI=1S/C20H41N/c1-7-10-11-12-13-14-17-21-19(5,8-2)16-15-18(4)20(21,6)9-3/h18H,7-17H2,1-6H3. The maximum Gasteiger partial charge on any atom is 0.0209 e. The highest BCUT2D eigenvalue weighted by Gasteiger charge is 2.47. The van der Waals surface area contributed by atoms with Crippen LogP contribution in [0.1, 0.15) is 106 Å². The summed E-state index contributed by atoms with van der Waals surface area (Å²) in [5.41, 5.74) is 0.840. The number of piperidine rings is 1. The van der Waals surface area contributed by atoms with Gasteiger partial charge in [-0.1, -0.05) is 59.8 Å². The normalized spacial score (nSPS) is 34.3. The molecule has 1 aliphatic heterocycles. The van der Waals surface area contributed by atoms with Crippen LogP contribution in [0.4, 0.5) is 0 Å². The van der Waals surface area contributed by atoms with Crippen molar-refractivity contribution in [2.24, 2.45) is 5.92 Å². The molecule has 0 saturated carbocycles. The molecule has 1 rings (SSSR count). The van der Waals surface area contributed by atoms with Crippen molar-refractivity contribution in [3.63, 3.8) is 0 Å². The maximum atomic E-state index is 2.91. The lowest BCUT2D eigenvalue weighted by Crippen LogP contribution is -2.64. The van der Waals surface area contributed by atoms with Crippen molar-refractivity contribution in [2.45, 2.75) is 117 Å². The molecular formula is C20H41N. The van der Waals surface area contributed by atoms with Gasteiger partial charge in [-0.2, -0.15) is 0 Å². The second-order valence-corrected chi connectivity index (χ2v) is 7.92. The van der Waals surface area contributed by atoms with Crippen LogP contribution in [0, 0.1) is 5.92 Å². The lowest BCUT2D eigenvalue weighted by molar-refractivity contribution is -0.0829. The first-order valence-electron chi connectivity index (χ1n) is 9.72. The fraction of sp³-hybridized carbons (Fsp3) is 1.00. The Morgan fingerprint density at radius 2 is 1.52 bits per heavy atom. The average Bonchev–Trinajstić information content (AvgIpc) is 2.49. The molecule has 0 N–H and O–H groups in total. The van der Waals surface area contributed by atoms with Gasteiger partial charge in [-0.05, 0) is 58.4 Å². The van der Waals surface area contributed by atoms with Gasteiger partial charge >= 0.3 is 0 Å². The second kappa shape index (κ2) is 8.56. The van der Waals surface area contributed by atoms with Gasteiger partial charge in [-0.15, -0.1) is 0 Å². The smallest absolute Gasteiger partial charge is 0.0209 e. The largest absolute Gasteiger partial charge is 0.292 e. The van der Waals surface area contributed by atoms with Crippen molar-refractivity contribution in [1.82, 2.24) is 4.90 Å². The fourth-order valence-electron chi connectivity index (χ4n) is 4.34. The molecule has 0 amide bonds. The Hall–Kier alpha value is -0.0400. The molecule has 126 valence electrons. The molecule has 1 heteroatoms. The van der Waals surface area contributed by atoms with E-state index in [9.17, 15) is 0 Å². The molecule has 0 aromatic carbocycles. The third-order valence-electron chi connectivity index (χ3n) is 6.66. The Kier molecular flexibility index (Phi) is 7.74. The van der Waals surface area contributed by atoms with Crippen molar-refractivity contribution in [3.05, 3.63) is 0 Å². The molecule has 3 atom stereocenters. The minimum absolute atomic E-state index is 0.409. The van der Waals surface area contributed by atoms with E-state index in [1.54, 1.807) is 0 Å². The van der Waals surface area contributed by atoms with Crippen LogP contribution in [0.15, 0.2) is 0 Å².